The van der Waals surface area contributed by atoms with Gasteiger partial charge in [0.15, 0.2) is 0 Å². The van der Waals surface area contributed by atoms with Crippen molar-refractivity contribution in [1.82, 2.24) is 5.32 Å². The van der Waals surface area contributed by atoms with Gasteiger partial charge in [-0.25, -0.2) is 9.18 Å². The number of alkyl halides is 1. The number of alkyl carbamates (subject to hydrolysis) is 1. The van der Waals surface area contributed by atoms with Crippen LogP contribution >= 0.6 is 0 Å². The highest BCUT2D eigenvalue weighted by molar-refractivity contribution is 7.85. The van der Waals surface area contributed by atoms with Crippen LogP contribution in [0.5, 0.6) is 0 Å². The first kappa shape index (κ1) is 16.4. The van der Waals surface area contributed by atoms with Gasteiger partial charge >= 0.3 is 6.09 Å². The van der Waals surface area contributed by atoms with Gasteiger partial charge in [-0.1, -0.05) is 30.3 Å². The number of ether oxygens (including phenoxy) is 1. The number of carbonyl (C=O) groups is 1. The highest BCUT2D eigenvalue weighted by Gasteiger charge is 2.13. The highest BCUT2D eigenvalue weighted by Crippen LogP contribution is 2.01. The van der Waals surface area contributed by atoms with E-state index in [1.54, 1.807) is 24.3 Å². The van der Waals surface area contributed by atoms with E-state index in [4.69, 9.17) is 4.74 Å². The Morgan fingerprint density at radius 2 is 2.00 bits per heavy atom. The van der Waals surface area contributed by atoms with Gasteiger partial charge < -0.3 is 10.1 Å². The summed E-state index contributed by atoms with van der Waals surface area (Å²) < 4.78 is 43.6. The molecule has 0 saturated carbocycles. The molecular weight excluding hydrogens is 289 g/mol. The first-order valence-electron chi connectivity index (χ1n) is 5.80. The summed E-state index contributed by atoms with van der Waals surface area (Å²) in [6.07, 6.45) is -1.59. The summed E-state index contributed by atoms with van der Waals surface area (Å²) in [6.45, 7) is -0.954. The lowest BCUT2D eigenvalue weighted by molar-refractivity contribution is 0.132. The number of carbonyl (C=O) groups excluding carboxylic acids is 1. The summed E-state index contributed by atoms with van der Waals surface area (Å²) in [6, 6.07) is 9.00. The molecule has 1 atom stereocenters. The molecule has 1 aromatic carbocycles. The molecule has 0 aliphatic heterocycles. The Kier molecular flexibility index (Phi) is 6.40. The number of hydrogen-bond donors (Lipinski definition) is 1. The second-order valence-electron chi connectivity index (χ2n) is 4.03. The summed E-state index contributed by atoms with van der Waals surface area (Å²) in [5, 5.41) is 2.18. The Labute approximate surface area is 117 Å². The minimum Gasteiger partial charge on any atom is -0.445 e. The lowest BCUT2D eigenvalue weighted by Crippen LogP contribution is -2.33. The minimum absolute atomic E-state index is 0.0729. The van der Waals surface area contributed by atoms with Gasteiger partial charge in [-0.3, -0.25) is 4.18 Å². The predicted molar refractivity (Wildman–Crippen MR) is 70.3 cm³/mol. The van der Waals surface area contributed by atoms with E-state index in [2.05, 4.69) is 9.50 Å². The molecule has 1 aromatic rings. The van der Waals surface area contributed by atoms with E-state index in [0.29, 0.717) is 0 Å². The fraction of sp³-hybridized carbons (Fsp3) is 0.417. The molecular formula is C12H16FNO5S. The molecule has 0 aromatic heterocycles. The summed E-state index contributed by atoms with van der Waals surface area (Å²) >= 11 is 0. The molecule has 20 heavy (non-hydrogen) atoms. The Balaban J connectivity index is 2.19. The number of benzene rings is 1. The molecule has 0 aliphatic rings. The van der Waals surface area contributed by atoms with E-state index < -0.39 is 29.0 Å². The number of rotatable bonds is 7. The van der Waals surface area contributed by atoms with Crippen molar-refractivity contribution in [2.45, 2.75) is 12.8 Å². The molecule has 0 spiro atoms. The largest absolute Gasteiger partial charge is 0.445 e. The van der Waals surface area contributed by atoms with Crippen LogP contribution in [-0.2, 0) is 25.6 Å². The normalized spacial score (nSPS) is 12.7. The molecule has 1 amide bonds. The van der Waals surface area contributed by atoms with E-state index in [0.717, 1.165) is 11.8 Å². The fourth-order valence-electron chi connectivity index (χ4n) is 1.22. The smallest absolute Gasteiger partial charge is 0.407 e. The third kappa shape index (κ3) is 7.70. The first-order valence-corrected chi connectivity index (χ1v) is 7.61. The number of hydrogen-bond acceptors (Lipinski definition) is 5. The zero-order chi connectivity index (χ0) is 15.0. The van der Waals surface area contributed by atoms with Gasteiger partial charge in [0.1, 0.15) is 12.8 Å². The maximum absolute atomic E-state index is 13.2. The molecule has 6 nitrogen and oxygen atoms in total. The van der Waals surface area contributed by atoms with Crippen LogP contribution in [0.3, 0.4) is 0 Å². The standard InChI is InChI=1S/C12H16FNO5S/c1-20(16,17)19-9-11(13)7-14-12(15)18-8-10-5-3-2-4-6-10/h2-6,11H,7-9H2,1H3,(H,14,15)/t11-/m1/s1. The summed E-state index contributed by atoms with van der Waals surface area (Å²) in [4.78, 5) is 11.3. The third-order valence-corrected chi connectivity index (χ3v) is 2.71. The first-order chi connectivity index (χ1) is 9.37. The van der Waals surface area contributed by atoms with Gasteiger partial charge in [0.25, 0.3) is 10.1 Å². The van der Waals surface area contributed by atoms with Crippen molar-refractivity contribution in [3.05, 3.63) is 35.9 Å². The molecule has 0 saturated heterocycles. The molecule has 0 radical (unpaired) electrons. The minimum atomic E-state index is -3.69. The lowest BCUT2D eigenvalue weighted by Gasteiger charge is -2.10. The second-order valence-corrected chi connectivity index (χ2v) is 5.67. The van der Waals surface area contributed by atoms with Crippen molar-refractivity contribution in [1.29, 1.82) is 0 Å². The van der Waals surface area contributed by atoms with Crippen molar-refractivity contribution >= 4 is 16.2 Å². The molecule has 0 heterocycles. The van der Waals surface area contributed by atoms with Gasteiger partial charge in [-0.05, 0) is 5.56 Å². The molecule has 0 aliphatic carbocycles. The molecule has 8 heteroatoms. The van der Waals surface area contributed by atoms with Crippen molar-refractivity contribution < 1.29 is 26.5 Å². The van der Waals surface area contributed by atoms with E-state index >= 15 is 0 Å². The molecule has 1 rings (SSSR count). The van der Waals surface area contributed by atoms with Crippen LogP contribution in [-0.4, -0.2) is 40.1 Å². The molecule has 0 unspecified atom stereocenters. The number of amides is 1. The van der Waals surface area contributed by atoms with Gasteiger partial charge in [0.05, 0.1) is 19.4 Å². The van der Waals surface area contributed by atoms with E-state index in [1.165, 1.54) is 0 Å². The maximum atomic E-state index is 13.2. The van der Waals surface area contributed by atoms with Crippen LogP contribution in [0.2, 0.25) is 0 Å². The number of nitrogens with one attached hydrogen (secondary N) is 1. The number of halogens is 1. The molecule has 0 bridgehead atoms. The zero-order valence-electron chi connectivity index (χ0n) is 10.9. The molecule has 112 valence electrons. The van der Waals surface area contributed by atoms with Crippen molar-refractivity contribution in [3.8, 4) is 0 Å². The Bertz CT molecular complexity index is 520. The van der Waals surface area contributed by atoms with Crippen LogP contribution in [0.25, 0.3) is 0 Å². The quantitative estimate of drug-likeness (QED) is 0.766. The van der Waals surface area contributed by atoms with E-state index in [-0.39, 0.29) is 13.2 Å². The molecule has 1 N–H and O–H groups in total. The van der Waals surface area contributed by atoms with Crippen LogP contribution in [0, 0.1) is 0 Å². The van der Waals surface area contributed by atoms with Crippen LogP contribution in [0.1, 0.15) is 5.56 Å². The summed E-state index contributed by atoms with van der Waals surface area (Å²) in [5.41, 5.74) is 0.805. The monoisotopic (exact) mass is 305 g/mol. The zero-order valence-corrected chi connectivity index (χ0v) is 11.7. The SMILES string of the molecule is CS(=O)(=O)OC[C@H](F)CNC(=O)OCc1ccccc1. The third-order valence-electron chi connectivity index (χ3n) is 2.14. The molecule has 0 fully saturated rings. The second kappa shape index (κ2) is 7.81. The van der Waals surface area contributed by atoms with E-state index in [9.17, 15) is 17.6 Å². The Morgan fingerprint density at radius 3 is 2.60 bits per heavy atom. The average molecular weight is 305 g/mol. The van der Waals surface area contributed by atoms with Gasteiger partial charge in [0.2, 0.25) is 0 Å². The van der Waals surface area contributed by atoms with Crippen LogP contribution in [0.15, 0.2) is 30.3 Å². The van der Waals surface area contributed by atoms with Gasteiger partial charge in [-0.15, -0.1) is 0 Å². The lowest BCUT2D eigenvalue weighted by atomic mass is 10.2. The Hall–Kier alpha value is -1.67. The van der Waals surface area contributed by atoms with Gasteiger partial charge in [0, 0.05) is 0 Å². The fourth-order valence-corrected chi connectivity index (χ4v) is 1.62. The van der Waals surface area contributed by atoms with Crippen LogP contribution in [0.4, 0.5) is 9.18 Å². The van der Waals surface area contributed by atoms with E-state index in [1.807, 2.05) is 6.07 Å². The highest BCUT2D eigenvalue weighted by atomic mass is 32.2. The van der Waals surface area contributed by atoms with Crippen LogP contribution < -0.4 is 5.32 Å². The van der Waals surface area contributed by atoms with Crippen molar-refractivity contribution in [3.63, 3.8) is 0 Å². The Morgan fingerprint density at radius 1 is 1.35 bits per heavy atom. The predicted octanol–water partition coefficient (Wildman–Crippen LogP) is 1.23. The van der Waals surface area contributed by atoms with Gasteiger partial charge in [-0.2, -0.15) is 8.42 Å². The summed E-state index contributed by atoms with van der Waals surface area (Å²) in [5.74, 6) is 0. The topological polar surface area (TPSA) is 81.7 Å². The summed E-state index contributed by atoms with van der Waals surface area (Å²) in [7, 11) is -3.69. The maximum Gasteiger partial charge on any atom is 0.407 e. The van der Waals surface area contributed by atoms with Crippen molar-refractivity contribution in [2.24, 2.45) is 0 Å². The van der Waals surface area contributed by atoms with Crippen molar-refractivity contribution in [2.75, 3.05) is 19.4 Å². The average Bonchev–Trinajstić information content (AvgIpc) is 2.41.